The molecule has 1 heterocycles. The average Bonchev–Trinajstić information content (AvgIpc) is 2.13. The largest absolute Gasteiger partial charge is 0.375 e. The molecule has 1 aliphatic rings. The van der Waals surface area contributed by atoms with E-state index in [0.717, 1.165) is 19.3 Å². The molecule has 0 N–H and O–H groups in total. The van der Waals surface area contributed by atoms with Gasteiger partial charge < -0.3 is 9.53 Å². The second-order valence-corrected chi connectivity index (χ2v) is 3.34. The summed E-state index contributed by atoms with van der Waals surface area (Å²) in [7, 11) is 0. The molecule has 1 rings (SSSR count). The van der Waals surface area contributed by atoms with Gasteiger partial charge >= 0.3 is 0 Å². The van der Waals surface area contributed by atoms with Crippen LogP contribution in [0.15, 0.2) is 0 Å². The second-order valence-electron chi connectivity index (χ2n) is 3.34. The first kappa shape index (κ1) is 7.73. The predicted octanol–water partition coefficient (Wildman–Crippen LogP) is 1.39. The quantitative estimate of drug-likeness (QED) is 0.544. The highest BCUT2D eigenvalue weighted by atomic mass is 16.5. The van der Waals surface area contributed by atoms with Crippen molar-refractivity contribution in [2.45, 2.75) is 32.3 Å². The maximum atomic E-state index is 10.2. The van der Waals surface area contributed by atoms with Crippen molar-refractivity contribution in [3.63, 3.8) is 0 Å². The maximum absolute atomic E-state index is 10.2. The summed E-state index contributed by atoms with van der Waals surface area (Å²) in [5.74, 6) is 0.435. The lowest BCUT2D eigenvalue weighted by atomic mass is 9.89. The lowest BCUT2D eigenvalue weighted by Crippen LogP contribution is -2.27. The summed E-state index contributed by atoms with van der Waals surface area (Å²) in [5.41, 5.74) is -0.0685. The summed E-state index contributed by atoms with van der Waals surface area (Å²) in [6.45, 7) is 4.91. The maximum Gasteiger partial charge on any atom is 0.120 e. The Balaban J connectivity index is 2.50. The molecule has 1 fully saturated rings. The number of aldehydes is 1. The summed E-state index contributed by atoms with van der Waals surface area (Å²) < 4.78 is 5.45. The zero-order valence-electron chi connectivity index (χ0n) is 6.59. The van der Waals surface area contributed by atoms with Gasteiger partial charge in [0.15, 0.2) is 0 Å². The normalized spacial score (nSPS) is 30.4. The molecule has 1 aliphatic heterocycles. The van der Waals surface area contributed by atoms with Gasteiger partial charge in [-0.25, -0.2) is 0 Å². The third kappa shape index (κ3) is 1.37. The van der Waals surface area contributed by atoms with Gasteiger partial charge in [-0.15, -0.1) is 0 Å². The summed E-state index contributed by atoms with van der Waals surface area (Å²) >= 11 is 0. The lowest BCUT2D eigenvalue weighted by molar-refractivity contribution is -0.109. The molecule has 58 valence electrons. The van der Waals surface area contributed by atoms with Crippen LogP contribution in [0.2, 0.25) is 0 Å². The van der Waals surface area contributed by atoms with Crippen LogP contribution in [0.4, 0.5) is 0 Å². The van der Waals surface area contributed by atoms with Gasteiger partial charge in [-0.2, -0.15) is 0 Å². The van der Waals surface area contributed by atoms with Crippen molar-refractivity contribution in [3.05, 3.63) is 0 Å². The van der Waals surface area contributed by atoms with E-state index in [1.807, 2.05) is 13.8 Å². The molecule has 0 aliphatic carbocycles. The molecule has 0 aromatic heterocycles. The van der Waals surface area contributed by atoms with Crippen molar-refractivity contribution >= 4 is 6.29 Å². The number of carbonyl (C=O) groups is 1. The van der Waals surface area contributed by atoms with E-state index in [4.69, 9.17) is 4.74 Å². The fraction of sp³-hybridized carbons (Fsp3) is 0.875. The van der Waals surface area contributed by atoms with Gasteiger partial charge in [0, 0.05) is 13.0 Å². The van der Waals surface area contributed by atoms with Gasteiger partial charge in [-0.05, 0) is 26.2 Å². The van der Waals surface area contributed by atoms with Gasteiger partial charge in [0.1, 0.15) is 6.29 Å². The average molecular weight is 142 g/mol. The van der Waals surface area contributed by atoms with Crippen LogP contribution in [0.25, 0.3) is 0 Å². The van der Waals surface area contributed by atoms with Crippen LogP contribution in [-0.4, -0.2) is 18.5 Å². The van der Waals surface area contributed by atoms with Crippen molar-refractivity contribution in [2.24, 2.45) is 5.92 Å². The number of carbonyl (C=O) groups excluding carboxylic acids is 1. The Morgan fingerprint density at radius 3 is 2.80 bits per heavy atom. The van der Waals surface area contributed by atoms with E-state index in [9.17, 15) is 4.79 Å². The minimum Gasteiger partial charge on any atom is -0.375 e. The smallest absolute Gasteiger partial charge is 0.120 e. The van der Waals surface area contributed by atoms with Crippen LogP contribution in [0.5, 0.6) is 0 Å². The van der Waals surface area contributed by atoms with Crippen molar-refractivity contribution in [1.82, 2.24) is 0 Å². The molecule has 0 saturated carbocycles. The topological polar surface area (TPSA) is 26.3 Å². The van der Waals surface area contributed by atoms with Crippen LogP contribution in [0, 0.1) is 5.92 Å². The van der Waals surface area contributed by atoms with Gasteiger partial charge in [-0.1, -0.05) is 0 Å². The summed E-state index contributed by atoms with van der Waals surface area (Å²) in [6, 6.07) is 0. The molecule has 0 radical (unpaired) electrons. The number of rotatable bonds is 2. The first-order valence-electron chi connectivity index (χ1n) is 3.74. The van der Waals surface area contributed by atoms with Crippen molar-refractivity contribution in [1.29, 1.82) is 0 Å². The molecular weight excluding hydrogens is 128 g/mol. The summed E-state index contributed by atoms with van der Waals surface area (Å²) in [4.78, 5) is 10.2. The summed E-state index contributed by atoms with van der Waals surface area (Å²) in [6.07, 6.45) is 2.67. The fourth-order valence-corrected chi connectivity index (χ4v) is 1.45. The van der Waals surface area contributed by atoms with Crippen LogP contribution in [0.3, 0.4) is 0 Å². The first-order valence-corrected chi connectivity index (χ1v) is 3.74. The first-order chi connectivity index (χ1) is 4.67. The minimum atomic E-state index is -0.0685. The Bertz CT molecular complexity index is 129. The molecular formula is C8H14O2. The number of ether oxygens (including phenoxy) is 1. The standard InChI is InChI=1S/C8H14O2/c1-8(2)7(3-5-9)4-6-10-8/h5,7H,3-4,6H2,1-2H3/t7-/m1/s1. The van der Waals surface area contributed by atoms with Crippen LogP contribution in [-0.2, 0) is 9.53 Å². The third-order valence-electron chi connectivity index (χ3n) is 2.30. The number of hydrogen-bond acceptors (Lipinski definition) is 2. The Hall–Kier alpha value is -0.370. The van der Waals surface area contributed by atoms with E-state index in [1.165, 1.54) is 0 Å². The van der Waals surface area contributed by atoms with Crippen molar-refractivity contribution in [3.8, 4) is 0 Å². The Morgan fingerprint density at radius 2 is 2.40 bits per heavy atom. The monoisotopic (exact) mass is 142 g/mol. The third-order valence-corrected chi connectivity index (χ3v) is 2.30. The molecule has 0 aromatic carbocycles. The molecule has 0 bridgehead atoms. The van der Waals surface area contributed by atoms with E-state index in [-0.39, 0.29) is 5.60 Å². The van der Waals surface area contributed by atoms with Gasteiger partial charge in [0.25, 0.3) is 0 Å². The van der Waals surface area contributed by atoms with Crippen LogP contribution in [0.1, 0.15) is 26.7 Å². The molecule has 2 heteroatoms. The molecule has 1 saturated heterocycles. The molecule has 0 spiro atoms. The van der Waals surface area contributed by atoms with Crippen molar-refractivity contribution < 1.29 is 9.53 Å². The molecule has 2 nitrogen and oxygen atoms in total. The highest BCUT2D eigenvalue weighted by Gasteiger charge is 2.34. The van der Waals surface area contributed by atoms with Crippen LogP contribution < -0.4 is 0 Å². The number of hydrogen-bond donors (Lipinski definition) is 0. The zero-order chi connectivity index (χ0) is 7.61. The molecule has 0 amide bonds. The molecule has 0 aromatic rings. The van der Waals surface area contributed by atoms with E-state index in [2.05, 4.69) is 0 Å². The molecule has 1 atom stereocenters. The Kier molecular flexibility index (Phi) is 2.09. The second kappa shape index (κ2) is 2.70. The molecule has 0 unspecified atom stereocenters. The Morgan fingerprint density at radius 1 is 1.70 bits per heavy atom. The van der Waals surface area contributed by atoms with Crippen LogP contribution >= 0.6 is 0 Å². The predicted molar refractivity (Wildman–Crippen MR) is 38.8 cm³/mol. The van der Waals surface area contributed by atoms with Gasteiger partial charge in [-0.3, -0.25) is 0 Å². The highest BCUT2D eigenvalue weighted by molar-refractivity contribution is 5.50. The highest BCUT2D eigenvalue weighted by Crippen LogP contribution is 2.32. The fourth-order valence-electron chi connectivity index (χ4n) is 1.45. The van der Waals surface area contributed by atoms with Gasteiger partial charge in [0.2, 0.25) is 0 Å². The van der Waals surface area contributed by atoms with E-state index in [0.29, 0.717) is 12.3 Å². The zero-order valence-corrected chi connectivity index (χ0v) is 6.59. The van der Waals surface area contributed by atoms with E-state index < -0.39 is 0 Å². The SMILES string of the molecule is CC1(C)OCC[C@H]1CC=O. The van der Waals surface area contributed by atoms with E-state index >= 15 is 0 Å². The Labute approximate surface area is 61.6 Å². The minimum absolute atomic E-state index is 0.0685. The van der Waals surface area contributed by atoms with Crippen molar-refractivity contribution in [2.75, 3.05) is 6.61 Å². The van der Waals surface area contributed by atoms with Gasteiger partial charge in [0.05, 0.1) is 5.60 Å². The lowest BCUT2D eigenvalue weighted by Gasteiger charge is -2.23. The summed E-state index contributed by atoms with van der Waals surface area (Å²) in [5, 5.41) is 0. The van der Waals surface area contributed by atoms with E-state index in [1.54, 1.807) is 0 Å². The molecule has 10 heavy (non-hydrogen) atoms.